The van der Waals surface area contributed by atoms with E-state index in [1.165, 1.54) is 12.1 Å². The molecular formula is C21H26N6OS. The van der Waals surface area contributed by atoms with Crippen molar-refractivity contribution in [2.24, 2.45) is 5.92 Å². The van der Waals surface area contributed by atoms with Crippen LogP contribution in [-0.2, 0) is 26.2 Å². The van der Waals surface area contributed by atoms with Gasteiger partial charge in [0.2, 0.25) is 0 Å². The lowest BCUT2D eigenvalue weighted by Crippen LogP contribution is -2.47. The topological polar surface area (TPSA) is 70.1 Å². The largest absolute Gasteiger partial charge is 0.348 e. The van der Waals surface area contributed by atoms with Crippen molar-refractivity contribution in [3.05, 3.63) is 68.5 Å². The standard InChI is InChI=1S/C21H26N6OS/c1-25(14-20-24-6-7-29-20)11-16-2-3-18-17-8-15(10-27(18)21(16)28)9-26(12-17)13-19-22-4-5-23-19/h2-7,15,17H,8-14H2,1H3,(H,22,23)/t15-,17+/m0/s1. The predicted molar refractivity (Wildman–Crippen MR) is 113 cm³/mol. The van der Waals surface area contributed by atoms with Crippen LogP contribution in [0, 0.1) is 5.92 Å². The smallest absolute Gasteiger partial charge is 0.255 e. The van der Waals surface area contributed by atoms with Crippen molar-refractivity contribution < 1.29 is 0 Å². The van der Waals surface area contributed by atoms with E-state index in [9.17, 15) is 4.79 Å². The third-order valence-corrected chi connectivity index (χ3v) is 6.78. The maximum atomic E-state index is 13.2. The van der Waals surface area contributed by atoms with E-state index in [2.05, 4.69) is 35.4 Å². The minimum Gasteiger partial charge on any atom is -0.348 e. The van der Waals surface area contributed by atoms with Gasteiger partial charge in [-0.2, -0.15) is 0 Å². The molecule has 152 valence electrons. The van der Waals surface area contributed by atoms with Crippen molar-refractivity contribution in [1.29, 1.82) is 0 Å². The third kappa shape index (κ3) is 3.92. The van der Waals surface area contributed by atoms with Gasteiger partial charge in [-0.3, -0.25) is 14.6 Å². The van der Waals surface area contributed by atoms with Crippen LogP contribution >= 0.6 is 11.3 Å². The van der Waals surface area contributed by atoms with Crippen LogP contribution in [0.15, 0.2) is 40.9 Å². The summed E-state index contributed by atoms with van der Waals surface area (Å²) in [4.78, 5) is 29.8. The Kier molecular flexibility index (Phi) is 5.07. The highest BCUT2D eigenvalue weighted by atomic mass is 32.1. The number of aromatic amines is 1. The molecule has 0 aromatic carbocycles. The number of H-pyrrole nitrogens is 1. The molecule has 2 atom stereocenters. The summed E-state index contributed by atoms with van der Waals surface area (Å²) in [5.74, 6) is 1.96. The van der Waals surface area contributed by atoms with Gasteiger partial charge in [0, 0.05) is 67.3 Å². The van der Waals surface area contributed by atoms with Gasteiger partial charge < -0.3 is 9.55 Å². The molecule has 0 unspecified atom stereocenters. The highest BCUT2D eigenvalue weighted by Gasteiger charge is 2.35. The lowest BCUT2D eigenvalue weighted by molar-refractivity contribution is 0.112. The predicted octanol–water partition coefficient (Wildman–Crippen LogP) is 2.28. The molecule has 3 aromatic rings. The van der Waals surface area contributed by atoms with E-state index in [1.807, 2.05) is 37.1 Å². The SMILES string of the molecule is CN(Cc1nccs1)Cc1ccc2n(c1=O)C[C@H]1C[C@@H]2CN(Cc2ncc[nH]2)C1. The number of aromatic nitrogens is 4. The maximum absolute atomic E-state index is 13.2. The maximum Gasteiger partial charge on any atom is 0.255 e. The number of hydrogen-bond donors (Lipinski definition) is 1. The number of thiazole rings is 1. The van der Waals surface area contributed by atoms with Crippen molar-refractivity contribution in [2.75, 3.05) is 20.1 Å². The molecule has 1 fully saturated rings. The van der Waals surface area contributed by atoms with Crippen LogP contribution in [0.25, 0.3) is 0 Å². The lowest BCUT2D eigenvalue weighted by atomic mass is 9.83. The second kappa shape index (κ2) is 7.85. The summed E-state index contributed by atoms with van der Waals surface area (Å²) >= 11 is 1.65. The molecule has 0 aliphatic carbocycles. The highest BCUT2D eigenvalue weighted by molar-refractivity contribution is 7.09. The Hall–Kier alpha value is -2.29. The minimum atomic E-state index is 0.183. The normalized spacial score (nSPS) is 21.4. The number of fused-ring (bicyclic) bond motifs is 4. The minimum absolute atomic E-state index is 0.183. The molecular weight excluding hydrogens is 384 g/mol. The Labute approximate surface area is 174 Å². The fourth-order valence-corrected chi connectivity index (χ4v) is 5.54. The monoisotopic (exact) mass is 410 g/mol. The quantitative estimate of drug-likeness (QED) is 0.675. The van der Waals surface area contributed by atoms with Crippen molar-refractivity contribution in [3.8, 4) is 0 Å². The summed E-state index contributed by atoms with van der Waals surface area (Å²) in [5, 5.41) is 3.07. The van der Waals surface area contributed by atoms with Crippen molar-refractivity contribution >= 4 is 11.3 Å². The molecule has 0 radical (unpaired) electrons. The number of nitrogens with zero attached hydrogens (tertiary/aromatic N) is 5. The number of imidazole rings is 1. The Morgan fingerprint density at radius 1 is 1.21 bits per heavy atom. The van der Waals surface area contributed by atoms with Gasteiger partial charge in [0.15, 0.2) is 0 Å². The second-order valence-corrected chi connectivity index (χ2v) is 9.31. The molecule has 3 aromatic heterocycles. The molecule has 0 spiro atoms. The molecule has 5 heterocycles. The van der Waals surface area contributed by atoms with E-state index >= 15 is 0 Å². The summed E-state index contributed by atoms with van der Waals surface area (Å²) < 4.78 is 2.05. The number of nitrogens with one attached hydrogen (secondary N) is 1. The molecule has 1 saturated heterocycles. The van der Waals surface area contributed by atoms with E-state index in [0.29, 0.717) is 18.4 Å². The first kappa shape index (κ1) is 18.7. The molecule has 29 heavy (non-hydrogen) atoms. The van der Waals surface area contributed by atoms with Gasteiger partial charge in [-0.15, -0.1) is 11.3 Å². The van der Waals surface area contributed by atoms with E-state index in [-0.39, 0.29) is 5.56 Å². The fraction of sp³-hybridized carbons (Fsp3) is 0.476. The van der Waals surface area contributed by atoms with Crippen molar-refractivity contribution in [2.45, 2.75) is 38.5 Å². The number of likely N-dealkylation sites (tertiary alicyclic amines) is 1. The first-order chi connectivity index (χ1) is 14.2. The van der Waals surface area contributed by atoms with E-state index in [0.717, 1.165) is 49.1 Å². The first-order valence-electron chi connectivity index (χ1n) is 10.2. The zero-order chi connectivity index (χ0) is 19.8. The molecule has 1 N–H and O–H groups in total. The van der Waals surface area contributed by atoms with Gasteiger partial charge >= 0.3 is 0 Å². The van der Waals surface area contributed by atoms with Crippen LogP contribution in [0.3, 0.4) is 0 Å². The molecule has 7 nitrogen and oxygen atoms in total. The zero-order valence-electron chi connectivity index (χ0n) is 16.6. The van der Waals surface area contributed by atoms with E-state index in [4.69, 9.17) is 0 Å². The molecule has 2 aliphatic rings. The Bertz CT molecular complexity index is 1010. The Balaban J connectivity index is 1.32. The summed E-state index contributed by atoms with van der Waals surface area (Å²) in [6, 6.07) is 4.23. The average Bonchev–Trinajstić information content (AvgIpc) is 3.39. The van der Waals surface area contributed by atoms with Gasteiger partial charge in [-0.05, 0) is 25.5 Å². The van der Waals surface area contributed by atoms with Crippen LogP contribution in [0.4, 0.5) is 0 Å². The van der Waals surface area contributed by atoms with Gasteiger partial charge in [-0.25, -0.2) is 9.97 Å². The average molecular weight is 411 g/mol. The van der Waals surface area contributed by atoms with Crippen molar-refractivity contribution in [3.63, 3.8) is 0 Å². The number of rotatable bonds is 6. The molecule has 0 amide bonds. The van der Waals surface area contributed by atoms with Crippen LogP contribution in [0.1, 0.15) is 34.4 Å². The van der Waals surface area contributed by atoms with Crippen LogP contribution in [-0.4, -0.2) is 49.5 Å². The number of hydrogen-bond acceptors (Lipinski definition) is 6. The second-order valence-electron chi connectivity index (χ2n) is 8.33. The first-order valence-corrected chi connectivity index (χ1v) is 11.0. The summed E-state index contributed by atoms with van der Waals surface area (Å²) in [6.07, 6.45) is 6.69. The van der Waals surface area contributed by atoms with Crippen LogP contribution < -0.4 is 5.56 Å². The van der Waals surface area contributed by atoms with E-state index in [1.54, 1.807) is 11.3 Å². The van der Waals surface area contributed by atoms with Gasteiger partial charge in [0.25, 0.3) is 5.56 Å². The summed E-state index contributed by atoms with van der Waals surface area (Å²) in [5.41, 5.74) is 2.25. The number of piperidine rings is 1. The van der Waals surface area contributed by atoms with Crippen LogP contribution in [0.5, 0.6) is 0 Å². The Morgan fingerprint density at radius 3 is 2.93 bits per heavy atom. The fourth-order valence-electron chi connectivity index (χ4n) is 4.84. The number of pyridine rings is 1. The van der Waals surface area contributed by atoms with Gasteiger partial charge in [0.1, 0.15) is 10.8 Å². The van der Waals surface area contributed by atoms with Crippen molar-refractivity contribution in [1.82, 2.24) is 29.3 Å². The highest BCUT2D eigenvalue weighted by Crippen LogP contribution is 2.35. The molecule has 2 aliphatic heterocycles. The van der Waals surface area contributed by atoms with Gasteiger partial charge in [0.05, 0.1) is 13.1 Å². The van der Waals surface area contributed by atoms with Gasteiger partial charge in [-0.1, -0.05) is 6.07 Å². The zero-order valence-corrected chi connectivity index (χ0v) is 17.4. The molecule has 8 heteroatoms. The summed E-state index contributed by atoms with van der Waals surface area (Å²) in [7, 11) is 2.05. The van der Waals surface area contributed by atoms with E-state index < -0.39 is 0 Å². The molecule has 5 rings (SSSR count). The molecule has 2 bridgehead atoms. The lowest BCUT2D eigenvalue weighted by Gasteiger charge is -2.42. The third-order valence-electron chi connectivity index (χ3n) is 6.02. The Morgan fingerprint density at radius 2 is 2.14 bits per heavy atom. The van der Waals surface area contributed by atoms with Crippen LogP contribution in [0.2, 0.25) is 0 Å². The molecule has 0 saturated carbocycles. The summed E-state index contributed by atoms with van der Waals surface area (Å²) in [6.45, 7) is 5.11.